The third-order valence-electron chi connectivity index (χ3n) is 8.35. The fourth-order valence-electron chi connectivity index (χ4n) is 6.03. The molecule has 10 nitrogen and oxygen atoms in total. The Morgan fingerprint density at radius 2 is 1.63 bits per heavy atom. The standard InChI is InChI=1S/C33H27ClF6N4O6S.ClH/c1-18-13-19(14-31(10-11-31)42-30(46)43-51(47,48)24-7-3-2-6-22(24)34)8-9-23(18)44-15-21-25(29(44)45)27(49-16-32(35,36)37)20-5-4-12-41-26(20)28(21)50-17-33(38,39)40;/h2-9,12-13H,10-11,14-17H2,1H3,(H2,42,43,46);1H. The molecule has 1 aliphatic heterocycles. The number of nitrogens with zero attached hydrogens (tertiary/aromatic N) is 1. The molecule has 52 heavy (non-hydrogen) atoms. The summed E-state index contributed by atoms with van der Waals surface area (Å²) < 4.78 is 117. The molecular weight excluding hydrogens is 765 g/mol. The summed E-state index contributed by atoms with van der Waals surface area (Å²) in [5, 5.41) is 2.58. The Balaban J connectivity index is 0.00000523. The maximum atomic E-state index is 13.9. The summed E-state index contributed by atoms with van der Waals surface area (Å²) in [6, 6.07) is 12.3. The molecule has 4 aromatic rings. The number of urea groups is 1. The van der Waals surface area contributed by atoms with Gasteiger partial charge in [-0.15, -0.1) is 0 Å². The number of carbonyl (C=O) groups excluding carboxylic acids is 2. The molecule has 1 aliphatic carbocycles. The minimum Gasteiger partial charge on any atom is -1.00 e. The first-order chi connectivity index (χ1) is 23.9. The highest BCUT2D eigenvalue weighted by Crippen LogP contribution is 2.46. The zero-order valence-corrected chi connectivity index (χ0v) is 29.2. The van der Waals surface area contributed by atoms with Crippen molar-refractivity contribution in [1.29, 1.82) is 0 Å². The van der Waals surface area contributed by atoms with Gasteiger partial charge in [0.2, 0.25) is 0 Å². The monoisotopic (exact) mass is 792 g/mol. The number of aromatic amines is 1. The molecular formula is C33H28Cl2F6N4O6S. The van der Waals surface area contributed by atoms with Crippen LogP contribution in [0.1, 0.15) is 39.9 Å². The highest BCUT2D eigenvalue weighted by molar-refractivity contribution is 7.90. The zero-order valence-electron chi connectivity index (χ0n) is 26.8. The number of benzene rings is 3. The van der Waals surface area contributed by atoms with Gasteiger partial charge in [-0.2, -0.15) is 26.3 Å². The molecule has 3 N–H and O–H groups in total. The number of aryl methyl sites for hydroxylation is 1. The number of pyridine rings is 1. The fraction of sp³-hybridized carbons (Fsp3) is 0.303. The van der Waals surface area contributed by atoms with Gasteiger partial charge in [-0.3, -0.25) is 4.79 Å². The largest absolute Gasteiger partial charge is 1.00 e. The Hall–Kier alpha value is -4.48. The van der Waals surface area contributed by atoms with E-state index in [4.69, 9.17) is 21.1 Å². The van der Waals surface area contributed by atoms with Gasteiger partial charge in [0, 0.05) is 22.9 Å². The lowest BCUT2D eigenvalue weighted by Gasteiger charge is -2.21. The van der Waals surface area contributed by atoms with Crippen molar-refractivity contribution in [3.8, 4) is 11.5 Å². The molecule has 0 unspecified atom stereocenters. The normalized spacial score (nSPS) is 15.2. The van der Waals surface area contributed by atoms with Crippen molar-refractivity contribution >= 4 is 50.2 Å². The van der Waals surface area contributed by atoms with Crippen molar-refractivity contribution in [2.24, 2.45) is 0 Å². The first kappa shape index (κ1) is 38.7. The van der Waals surface area contributed by atoms with Gasteiger partial charge in [-0.05, 0) is 61.6 Å². The maximum absolute atomic E-state index is 13.9. The second kappa shape index (κ2) is 14.2. The van der Waals surface area contributed by atoms with E-state index in [0.717, 1.165) is 0 Å². The number of H-pyrrole nitrogens is 1. The zero-order chi connectivity index (χ0) is 36.9. The summed E-state index contributed by atoms with van der Waals surface area (Å²) in [6.45, 7) is -2.15. The van der Waals surface area contributed by atoms with E-state index < -0.39 is 58.8 Å². The van der Waals surface area contributed by atoms with Crippen LogP contribution in [0.2, 0.25) is 5.02 Å². The van der Waals surface area contributed by atoms with Crippen LogP contribution in [0.5, 0.6) is 11.5 Å². The van der Waals surface area contributed by atoms with Gasteiger partial charge in [0.1, 0.15) is 10.6 Å². The molecule has 3 aromatic carbocycles. The predicted octanol–water partition coefficient (Wildman–Crippen LogP) is 3.43. The second-order valence-electron chi connectivity index (χ2n) is 12.2. The first-order valence-electron chi connectivity index (χ1n) is 15.3. The topological polar surface area (TPSA) is 128 Å². The van der Waals surface area contributed by atoms with E-state index >= 15 is 0 Å². The number of carbonyl (C=O) groups is 2. The molecule has 278 valence electrons. The van der Waals surface area contributed by atoms with Crippen LogP contribution in [0.3, 0.4) is 0 Å². The van der Waals surface area contributed by atoms with E-state index in [1.54, 1.807) is 31.2 Å². The number of rotatable bonds is 10. The van der Waals surface area contributed by atoms with Crippen LogP contribution in [0, 0.1) is 6.92 Å². The molecule has 2 heterocycles. The summed E-state index contributed by atoms with van der Waals surface area (Å²) in [6.07, 6.45) is -6.82. The van der Waals surface area contributed by atoms with E-state index in [-0.39, 0.29) is 63.1 Å². The van der Waals surface area contributed by atoms with Crippen molar-refractivity contribution in [2.75, 3.05) is 18.1 Å². The number of anilines is 1. The number of hydrogen-bond acceptors (Lipinski definition) is 6. The number of sulfonamides is 1. The molecule has 0 bridgehead atoms. The van der Waals surface area contributed by atoms with Gasteiger partial charge in [-0.1, -0.05) is 35.9 Å². The number of aromatic nitrogens is 1. The predicted molar refractivity (Wildman–Crippen MR) is 171 cm³/mol. The van der Waals surface area contributed by atoms with E-state index in [0.29, 0.717) is 29.7 Å². The van der Waals surface area contributed by atoms with Crippen LogP contribution in [0.15, 0.2) is 65.7 Å². The van der Waals surface area contributed by atoms with Gasteiger partial charge in [0.05, 0.1) is 22.5 Å². The third-order valence-corrected chi connectivity index (χ3v) is 10.2. The SMILES string of the molecule is Cc1cc(CC2(NC(=O)NS(=O)(=O)c3ccccc3Cl)CC2)ccc1N1Cc2c(c(OCC(F)(F)F)c3ccc[nH+]c3c2OCC(F)(F)F)C1=O.[Cl-]. The molecule has 1 aromatic heterocycles. The lowest BCUT2D eigenvalue weighted by molar-refractivity contribution is -0.345. The summed E-state index contributed by atoms with van der Waals surface area (Å²) >= 11 is 5.98. The van der Waals surface area contributed by atoms with Crippen molar-refractivity contribution < 1.29 is 71.2 Å². The Labute approximate surface area is 303 Å². The number of amides is 3. The van der Waals surface area contributed by atoms with Crippen LogP contribution in [-0.2, 0) is 23.0 Å². The van der Waals surface area contributed by atoms with E-state index in [2.05, 4.69) is 10.3 Å². The van der Waals surface area contributed by atoms with Crippen molar-refractivity contribution in [1.82, 2.24) is 10.0 Å². The number of ether oxygens (including phenoxy) is 2. The minimum atomic E-state index is -4.78. The van der Waals surface area contributed by atoms with E-state index in [1.165, 1.54) is 41.4 Å². The molecule has 0 atom stereocenters. The van der Waals surface area contributed by atoms with Crippen LogP contribution in [-0.4, -0.2) is 51.5 Å². The third kappa shape index (κ3) is 8.26. The maximum Gasteiger partial charge on any atom is 0.422 e. The van der Waals surface area contributed by atoms with Crippen LogP contribution in [0.4, 0.5) is 36.8 Å². The van der Waals surface area contributed by atoms with Gasteiger partial charge in [0.25, 0.3) is 21.4 Å². The number of hydrogen-bond donors (Lipinski definition) is 2. The Morgan fingerprint density at radius 3 is 2.25 bits per heavy atom. The second-order valence-corrected chi connectivity index (χ2v) is 14.3. The van der Waals surface area contributed by atoms with Gasteiger partial charge < -0.3 is 32.1 Å². The average Bonchev–Trinajstić information content (AvgIpc) is 3.69. The summed E-state index contributed by atoms with van der Waals surface area (Å²) in [7, 11) is -4.26. The summed E-state index contributed by atoms with van der Waals surface area (Å²) in [4.78, 5) is 30.3. The lowest BCUT2D eigenvalue weighted by Crippen LogP contribution is -3.00. The quantitative estimate of drug-likeness (QED) is 0.237. The molecule has 0 spiro atoms. The van der Waals surface area contributed by atoms with Crippen LogP contribution in [0.25, 0.3) is 10.9 Å². The molecule has 0 radical (unpaired) electrons. The number of halogens is 8. The number of alkyl halides is 6. The Morgan fingerprint density at radius 1 is 0.981 bits per heavy atom. The van der Waals surface area contributed by atoms with Crippen LogP contribution < -0.4 is 41.8 Å². The minimum absolute atomic E-state index is 0. The molecule has 3 amide bonds. The first-order valence-corrected chi connectivity index (χ1v) is 17.1. The lowest BCUT2D eigenvalue weighted by atomic mass is 10.0. The molecule has 0 saturated heterocycles. The van der Waals surface area contributed by atoms with E-state index in [1.807, 2.05) is 4.72 Å². The molecule has 19 heteroatoms. The van der Waals surface area contributed by atoms with Gasteiger partial charge in [0.15, 0.2) is 25.2 Å². The molecule has 6 rings (SSSR count). The Kier molecular flexibility index (Phi) is 10.5. The number of nitrogens with one attached hydrogen (secondary N) is 3. The fourth-order valence-corrected chi connectivity index (χ4v) is 7.46. The summed E-state index contributed by atoms with van der Waals surface area (Å²) in [5.74, 6) is -1.61. The Bertz CT molecular complexity index is 2160. The number of fused-ring (bicyclic) bond motifs is 2. The molecule has 1 fully saturated rings. The average molecular weight is 794 g/mol. The molecule has 1 saturated carbocycles. The van der Waals surface area contributed by atoms with Crippen molar-refractivity contribution in [3.05, 3.63) is 88.1 Å². The summed E-state index contributed by atoms with van der Waals surface area (Å²) in [5.41, 5.74) is 0.269. The van der Waals surface area contributed by atoms with Crippen LogP contribution >= 0.6 is 11.6 Å². The van der Waals surface area contributed by atoms with E-state index in [9.17, 15) is 44.3 Å². The van der Waals surface area contributed by atoms with Crippen molar-refractivity contribution in [2.45, 2.75) is 55.5 Å². The van der Waals surface area contributed by atoms with Crippen molar-refractivity contribution in [3.63, 3.8) is 0 Å². The smallest absolute Gasteiger partial charge is 0.422 e. The van der Waals surface area contributed by atoms with Gasteiger partial charge in [-0.25, -0.2) is 22.9 Å². The molecule has 2 aliphatic rings. The highest BCUT2D eigenvalue weighted by atomic mass is 35.5. The highest BCUT2D eigenvalue weighted by Gasteiger charge is 2.45. The van der Waals surface area contributed by atoms with Gasteiger partial charge >= 0.3 is 18.4 Å².